The molecule has 0 radical (unpaired) electrons. The number of hydrogen-bond donors (Lipinski definition) is 1. The number of benzene rings is 2. The van der Waals surface area contributed by atoms with Gasteiger partial charge >= 0.3 is 18.3 Å². The summed E-state index contributed by atoms with van der Waals surface area (Å²) in [6, 6.07) is 4.73. The first kappa shape index (κ1) is 27.8. The molecule has 4 aromatic rings. The second kappa shape index (κ2) is 10.1. The van der Waals surface area contributed by atoms with Crippen molar-refractivity contribution in [3.63, 3.8) is 0 Å². The Labute approximate surface area is 217 Å². The summed E-state index contributed by atoms with van der Waals surface area (Å²) in [4.78, 5) is 38.7. The molecule has 7 nitrogen and oxygen atoms in total. The van der Waals surface area contributed by atoms with E-state index in [0.29, 0.717) is 11.3 Å². The quantitative estimate of drug-likeness (QED) is 0.232. The van der Waals surface area contributed by atoms with Gasteiger partial charge in [0, 0.05) is 16.3 Å². The maximum Gasteiger partial charge on any atom is 0.416 e. The molecule has 0 saturated heterocycles. The minimum absolute atomic E-state index is 0.0185. The lowest BCUT2D eigenvalue weighted by Crippen LogP contribution is -2.25. The summed E-state index contributed by atoms with van der Waals surface area (Å²) in [5, 5.41) is 6.71. The second-order valence-electron chi connectivity index (χ2n) is 7.86. The van der Waals surface area contributed by atoms with E-state index in [1.807, 2.05) is 0 Å². The summed E-state index contributed by atoms with van der Waals surface area (Å²) in [5.74, 6) is -2.97. The van der Waals surface area contributed by atoms with E-state index >= 15 is 0 Å². The minimum Gasteiger partial charge on any atom is -0.461 e. The van der Waals surface area contributed by atoms with Gasteiger partial charge in [-0.25, -0.2) is 9.18 Å². The number of hydrogen-bond acceptors (Lipinski definition) is 6. The van der Waals surface area contributed by atoms with Gasteiger partial charge in [-0.1, -0.05) is 0 Å². The van der Waals surface area contributed by atoms with Gasteiger partial charge in [-0.15, -0.1) is 11.3 Å². The Balaban J connectivity index is 1.87. The van der Waals surface area contributed by atoms with E-state index in [2.05, 4.69) is 10.4 Å². The Morgan fingerprint density at radius 3 is 2.13 bits per heavy atom. The summed E-state index contributed by atoms with van der Waals surface area (Å²) in [6.07, 6.45) is -10.4. The first-order valence-electron chi connectivity index (χ1n) is 10.8. The van der Waals surface area contributed by atoms with Crippen molar-refractivity contribution >= 4 is 39.0 Å². The lowest BCUT2D eigenvalue weighted by Gasteiger charge is -2.14. The van der Waals surface area contributed by atoms with Crippen LogP contribution in [0.1, 0.15) is 38.9 Å². The lowest BCUT2D eigenvalue weighted by molar-refractivity contribution is -0.143. The molecule has 0 aliphatic rings. The highest BCUT2D eigenvalue weighted by Crippen LogP contribution is 2.37. The summed E-state index contributed by atoms with van der Waals surface area (Å²) in [5.41, 5.74) is -5.65. The van der Waals surface area contributed by atoms with Gasteiger partial charge in [-0.3, -0.25) is 9.59 Å². The minimum atomic E-state index is -5.19. The number of thiophene rings is 1. The molecule has 0 aliphatic heterocycles. The molecule has 0 unspecified atom stereocenters. The Kier molecular flexibility index (Phi) is 7.21. The molecule has 15 heteroatoms. The molecule has 0 aliphatic carbocycles. The van der Waals surface area contributed by atoms with Gasteiger partial charge in [-0.2, -0.15) is 36.1 Å². The van der Waals surface area contributed by atoms with Crippen LogP contribution in [0.4, 0.5) is 35.7 Å². The standard InChI is InChI=1S/C24H14F7N3O4S/c1-2-38-22(37)18-16-10-39-20(17(16)21(36)34(33-18)15-5-3-14(25)4-6-15)32-19(35)11-7-12(23(26,27)28)9-13(8-11)24(29,30)31/h3-10H,2H2,1H3,(H,32,35). The molecule has 0 spiro atoms. The fourth-order valence-corrected chi connectivity index (χ4v) is 4.44. The molecule has 2 aromatic heterocycles. The van der Waals surface area contributed by atoms with Crippen LogP contribution in [0, 0.1) is 5.82 Å². The second-order valence-corrected chi connectivity index (χ2v) is 8.74. The van der Waals surface area contributed by atoms with Crippen molar-refractivity contribution < 1.29 is 45.1 Å². The summed E-state index contributed by atoms with van der Waals surface area (Å²) in [6.45, 7) is 1.44. The van der Waals surface area contributed by atoms with Crippen molar-refractivity contribution in [3.05, 3.63) is 86.4 Å². The van der Waals surface area contributed by atoms with Gasteiger partial charge in [0.15, 0.2) is 5.69 Å². The number of aromatic nitrogens is 2. The highest BCUT2D eigenvalue weighted by Gasteiger charge is 2.37. The number of nitrogens with zero attached hydrogens (tertiary/aromatic N) is 2. The maximum atomic E-state index is 13.4. The van der Waals surface area contributed by atoms with Crippen LogP contribution < -0.4 is 10.9 Å². The van der Waals surface area contributed by atoms with Crippen molar-refractivity contribution in [2.45, 2.75) is 19.3 Å². The topological polar surface area (TPSA) is 90.3 Å². The van der Waals surface area contributed by atoms with Crippen LogP contribution in [0.25, 0.3) is 16.5 Å². The van der Waals surface area contributed by atoms with Crippen LogP contribution in [0.15, 0.2) is 52.6 Å². The summed E-state index contributed by atoms with van der Waals surface area (Å²) < 4.78 is 98.5. The number of alkyl halides is 6. The lowest BCUT2D eigenvalue weighted by atomic mass is 10.0. The average Bonchev–Trinajstić information content (AvgIpc) is 3.27. The SMILES string of the molecule is CCOC(=O)c1nn(-c2ccc(F)cc2)c(=O)c2c(NC(=O)c3cc(C(F)(F)F)cc(C(F)(F)F)c3)scc12. The molecule has 0 atom stereocenters. The van der Waals surface area contributed by atoms with Crippen molar-refractivity contribution in [1.29, 1.82) is 0 Å². The van der Waals surface area contributed by atoms with E-state index in [1.54, 1.807) is 0 Å². The number of esters is 1. The summed E-state index contributed by atoms with van der Waals surface area (Å²) >= 11 is 0.678. The molecule has 2 aromatic carbocycles. The molecular weight excluding hydrogens is 559 g/mol. The number of fused-ring (bicyclic) bond motifs is 1. The predicted molar refractivity (Wildman–Crippen MR) is 126 cm³/mol. The van der Waals surface area contributed by atoms with Crippen molar-refractivity contribution in [3.8, 4) is 5.69 Å². The third kappa shape index (κ3) is 5.62. The van der Waals surface area contributed by atoms with Gasteiger partial charge < -0.3 is 10.1 Å². The molecule has 0 fully saturated rings. The predicted octanol–water partition coefficient (Wildman–Crippen LogP) is 6.05. The number of ether oxygens (including phenoxy) is 1. The molecular formula is C24H14F7N3O4S. The molecule has 1 amide bonds. The first-order valence-corrected chi connectivity index (χ1v) is 11.7. The Hall–Kier alpha value is -4.27. The zero-order chi connectivity index (χ0) is 28.7. The molecule has 204 valence electrons. The number of amides is 1. The molecule has 4 rings (SSSR count). The number of carbonyl (C=O) groups is 2. The number of carbonyl (C=O) groups excluding carboxylic acids is 2. The Morgan fingerprint density at radius 2 is 1.59 bits per heavy atom. The number of rotatable bonds is 5. The molecule has 1 N–H and O–H groups in total. The van der Waals surface area contributed by atoms with Gasteiger partial charge in [0.25, 0.3) is 11.5 Å². The van der Waals surface area contributed by atoms with Gasteiger partial charge in [-0.05, 0) is 49.4 Å². The van der Waals surface area contributed by atoms with E-state index in [-0.39, 0.29) is 52.0 Å². The van der Waals surface area contributed by atoms with Crippen LogP contribution in [0.3, 0.4) is 0 Å². The van der Waals surface area contributed by atoms with E-state index in [1.165, 1.54) is 24.4 Å². The number of anilines is 1. The smallest absolute Gasteiger partial charge is 0.416 e. The molecule has 0 bridgehead atoms. The first-order chi connectivity index (χ1) is 18.2. The highest BCUT2D eigenvalue weighted by molar-refractivity contribution is 7.16. The van der Waals surface area contributed by atoms with Crippen LogP contribution in [0.2, 0.25) is 0 Å². The van der Waals surface area contributed by atoms with Crippen molar-refractivity contribution in [1.82, 2.24) is 9.78 Å². The van der Waals surface area contributed by atoms with E-state index in [0.717, 1.165) is 16.8 Å². The third-order valence-electron chi connectivity index (χ3n) is 5.27. The number of nitrogens with one attached hydrogen (secondary N) is 1. The zero-order valence-electron chi connectivity index (χ0n) is 19.4. The largest absolute Gasteiger partial charge is 0.461 e. The monoisotopic (exact) mass is 573 g/mol. The van der Waals surface area contributed by atoms with Crippen LogP contribution >= 0.6 is 11.3 Å². The van der Waals surface area contributed by atoms with Crippen LogP contribution in [-0.2, 0) is 17.1 Å². The molecule has 39 heavy (non-hydrogen) atoms. The van der Waals surface area contributed by atoms with Gasteiger partial charge in [0.05, 0.1) is 28.8 Å². The molecule has 2 heterocycles. The Morgan fingerprint density at radius 1 is 1.00 bits per heavy atom. The maximum absolute atomic E-state index is 13.4. The summed E-state index contributed by atoms with van der Waals surface area (Å²) in [7, 11) is 0. The normalized spacial score (nSPS) is 12.0. The number of halogens is 7. The van der Waals surface area contributed by atoms with Crippen molar-refractivity contribution in [2.24, 2.45) is 0 Å². The van der Waals surface area contributed by atoms with Gasteiger partial charge in [0.2, 0.25) is 0 Å². The van der Waals surface area contributed by atoms with Crippen LogP contribution in [-0.4, -0.2) is 28.3 Å². The van der Waals surface area contributed by atoms with E-state index in [4.69, 9.17) is 4.74 Å². The van der Waals surface area contributed by atoms with Gasteiger partial charge in [0.1, 0.15) is 10.8 Å². The van der Waals surface area contributed by atoms with Crippen LogP contribution in [0.5, 0.6) is 0 Å². The van der Waals surface area contributed by atoms with E-state index in [9.17, 15) is 45.1 Å². The fourth-order valence-electron chi connectivity index (χ4n) is 3.51. The van der Waals surface area contributed by atoms with E-state index < -0.39 is 52.3 Å². The van der Waals surface area contributed by atoms with Crippen molar-refractivity contribution in [2.75, 3.05) is 11.9 Å². The third-order valence-corrected chi connectivity index (χ3v) is 6.16. The molecule has 0 saturated carbocycles. The Bertz CT molecular complexity index is 1610. The average molecular weight is 573 g/mol. The highest BCUT2D eigenvalue weighted by atomic mass is 32.1. The fraction of sp³-hybridized carbons (Fsp3) is 0.167. The zero-order valence-corrected chi connectivity index (χ0v) is 20.2.